The highest BCUT2D eigenvalue weighted by Crippen LogP contribution is 2.30. The number of benzene rings is 2. The minimum atomic E-state index is -0.212. The van der Waals surface area contributed by atoms with Crippen LogP contribution in [0, 0.1) is 5.82 Å². The first-order chi connectivity index (χ1) is 12.5. The van der Waals surface area contributed by atoms with Gasteiger partial charge >= 0.3 is 0 Å². The van der Waals surface area contributed by atoms with E-state index >= 15 is 0 Å². The Balaban J connectivity index is 1.83. The van der Waals surface area contributed by atoms with Crippen LogP contribution in [0.25, 0.3) is 5.57 Å². The van der Waals surface area contributed by atoms with Crippen LogP contribution in [0.15, 0.2) is 71.9 Å². The number of halogens is 1. The number of hydrogen-bond acceptors (Lipinski definition) is 2. The lowest BCUT2D eigenvalue weighted by molar-refractivity contribution is 0.136. The minimum absolute atomic E-state index is 0.212. The van der Waals surface area contributed by atoms with Gasteiger partial charge in [0.25, 0.3) is 0 Å². The van der Waals surface area contributed by atoms with Crippen molar-refractivity contribution in [2.45, 2.75) is 33.4 Å². The summed E-state index contributed by atoms with van der Waals surface area (Å²) >= 11 is 0. The number of ether oxygens (including phenoxy) is 1. The van der Waals surface area contributed by atoms with Crippen LogP contribution in [0.3, 0.4) is 0 Å². The predicted molar refractivity (Wildman–Crippen MR) is 105 cm³/mol. The molecule has 0 radical (unpaired) electrons. The first-order valence-corrected chi connectivity index (χ1v) is 9.09. The van der Waals surface area contributed by atoms with Crippen molar-refractivity contribution < 1.29 is 9.13 Å². The zero-order valence-corrected chi connectivity index (χ0v) is 15.7. The molecule has 2 nitrogen and oxygen atoms in total. The van der Waals surface area contributed by atoms with E-state index in [2.05, 4.69) is 43.9 Å². The second-order valence-electron chi connectivity index (χ2n) is 7.01. The third-order valence-corrected chi connectivity index (χ3v) is 4.71. The maximum Gasteiger partial charge on any atom is 0.123 e. The molecule has 3 heteroatoms. The van der Waals surface area contributed by atoms with Crippen LogP contribution in [0.1, 0.15) is 31.9 Å². The van der Waals surface area contributed by atoms with Gasteiger partial charge in [-0.15, -0.1) is 0 Å². The third kappa shape index (κ3) is 4.41. The number of allylic oxidation sites excluding steroid dienone is 3. The maximum absolute atomic E-state index is 13.3. The lowest BCUT2D eigenvalue weighted by Crippen LogP contribution is -2.34. The van der Waals surface area contributed by atoms with E-state index < -0.39 is 0 Å². The van der Waals surface area contributed by atoms with Crippen molar-refractivity contribution in [1.29, 1.82) is 0 Å². The number of nitrogens with zero attached hydrogens (tertiary/aromatic N) is 1. The van der Waals surface area contributed by atoms with Crippen molar-refractivity contribution in [3.05, 3.63) is 88.9 Å². The minimum Gasteiger partial charge on any atom is -0.372 e. The quantitative estimate of drug-likeness (QED) is 0.688. The van der Waals surface area contributed by atoms with Crippen LogP contribution in [-0.2, 0) is 11.3 Å². The largest absolute Gasteiger partial charge is 0.372 e. The number of hydrogen-bond donors (Lipinski definition) is 0. The van der Waals surface area contributed by atoms with Gasteiger partial charge in [0.2, 0.25) is 0 Å². The Kier molecular flexibility index (Phi) is 5.89. The summed E-state index contributed by atoms with van der Waals surface area (Å²) in [5.74, 6) is -0.212. The summed E-state index contributed by atoms with van der Waals surface area (Å²) in [6, 6.07) is 17.3. The normalized spacial score (nSPS) is 14.8. The third-order valence-electron chi connectivity index (χ3n) is 4.71. The lowest BCUT2D eigenvalue weighted by Gasteiger charge is -2.35. The zero-order chi connectivity index (χ0) is 18.5. The van der Waals surface area contributed by atoms with E-state index in [9.17, 15) is 4.39 Å². The molecule has 0 bridgehead atoms. The van der Waals surface area contributed by atoms with Crippen molar-refractivity contribution in [2.75, 3.05) is 13.2 Å². The Morgan fingerprint density at radius 1 is 1.00 bits per heavy atom. The molecule has 0 N–H and O–H groups in total. The average molecular weight is 351 g/mol. The smallest absolute Gasteiger partial charge is 0.123 e. The molecule has 0 fully saturated rings. The highest BCUT2D eigenvalue weighted by atomic mass is 19.1. The Bertz CT molecular complexity index is 791. The van der Waals surface area contributed by atoms with Gasteiger partial charge in [-0.3, -0.25) is 0 Å². The van der Waals surface area contributed by atoms with Gasteiger partial charge in [-0.25, -0.2) is 4.39 Å². The summed E-state index contributed by atoms with van der Waals surface area (Å²) < 4.78 is 19.3. The Hall–Kier alpha value is -2.39. The van der Waals surface area contributed by atoms with E-state index in [1.165, 1.54) is 29.0 Å². The Morgan fingerprint density at radius 2 is 1.69 bits per heavy atom. The van der Waals surface area contributed by atoms with Crippen molar-refractivity contribution in [3.63, 3.8) is 0 Å². The second-order valence-corrected chi connectivity index (χ2v) is 7.01. The monoisotopic (exact) mass is 351 g/mol. The molecular weight excluding hydrogens is 325 g/mol. The van der Waals surface area contributed by atoms with Crippen LogP contribution in [-0.4, -0.2) is 24.1 Å². The van der Waals surface area contributed by atoms with E-state index in [1.807, 2.05) is 30.3 Å². The molecule has 0 aromatic heterocycles. The topological polar surface area (TPSA) is 12.5 Å². The molecule has 2 aromatic rings. The fraction of sp³-hybridized carbons (Fsp3) is 0.304. The SMILES string of the molecule is CC1=CC(c2ccc(F)cc2)=C(COCc2ccccc2)CN1C(C)C. The van der Waals surface area contributed by atoms with Gasteiger partial charge < -0.3 is 9.64 Å². The molecule has 1 aliphatic rings. The summed E-state index contributed by atoms with van der Waals surface area (Å²) in [6.45, 7) is 8.51. The molecule has 136 valence electrons. The molecule has 0 amide bonds. The summed E-state index contributed by atoms with van der Waals surface area (Å²) in [5, 5.41) is 0. The van der Waals surface area contributed by atoms with Crippen LogP contribution in [0.4, 0.5) is 4.39 Å². The molecule has 1 aliphatic heterocycles. The van der Waals surface area contributed by atoms with E-state index in [0.29, 0.717) is 19.3 Å². The molecule has 0 spiro atoms. The van der Waals surface area contributed by atoms with Crippen LogP contribution in [0.5, 0.6) is 0 Å². The molecule has 0 saturated heterocycles. The van der Waals surface area contributed by atoms with E-state index in [4.69, 9.17) is 4.74 Å². The standard InChI is InChI=1S/C23H26FNO/c1-17(2)25-14-21(16-26-15-19-7-5-4-6-8-19)23(13-18(25)3)20-9-11-22(24)12-10-20/h4-13,17H,14-16H2,1-3H3. The van der Waals surface area contributed by atoms with Crippen molar-refractivity contribution >= 4 is 5.57 Å². The van der Waals surface area contributed by atoms with Gasteiger partial charge in [0, 0.05) is 18.3 Å². The predicted octanol–water partition coefficient (Wildman–Crippen LogP) is 5.42. The van der Waals surface area contributed by atoms with Gasteiger partial charge in [-0.2, -0.15) is 0 Å². The molecule has 26 heavy (non-hydrogen) atoms. The first-order valence-electron chi connectivity index (χ1n) is 9.09. The highest BCUT2D eigenvalue weighted by Gasteiger charge is 2.21. The van der Waals surface area contributed by atoms with Crippen molar-refractivity contribution in [2.24, 2.45) is 0 Å². The lowest BCUT2D eigenvalue weighted by atomic mass is 9.95. The van der Waals surface area contributed by atoms with Crippen LogP contribution >= 0.6 is 0 Å². The first kappa shape index (κ1) is 18.4. The van der Waals surface area contributed by atoms with Crippen LogP contribution < -0.4 is 0 Å². The highest BCUT2D eigenvalue weighted by molar-refractivity contribution is 5.78. The molecule has 0 unspecified atom stereocenters. The van der Waals surface area contributed by atoms with Gasteiger partial charge in [0.1, 0.15) is 5.82 Å². The summed E-state index contributed by atoms with van der Waals surface area (Å²) in [4.78, 5) is 2.37. The molecule has 0 aliphatic carbocycles. The van der Waals surface area contributed by atoms with Crippen molar-refractivity contribution in [1.82, 2.24) is 4.90 Å². The average Bonchev–Trinajstić information content (AvgIpc) is 2.64. The Labute approximate surface area is 155 Å². The summed E-state index contributed by atoms with van der Waals surface area (Å²) in [7, 11) is 0. The Morgan fingerprint density at radius 3 is 2.35 bits per heavy atom. The van der Waals surface area contributed by atoms with E-state index in [-0.39, 0.29) is 5.82 Å². The second kappa shape index (κ2) is 8.33. The maximum atomic E-state index is 13.3. The van der Waals surface area contributed by atoms with Gasteiger partial charge in [0.05, 0.1) is 13.2 Å². The number of rotatable bonds is 6. The van der Waals surface area contributed by atoms with Gasteiger partial charge in [0.15, 0.2) is 0 Å². The van der Waals surface area contributed by atoms with Gasteiger partial charge in [-0.05, 0) is 61.3 Å². The fourth-order valence-electron chi connectivity index (χ4n) is 3.31. The summed E-state index contributed by atoms with van der Waals surface area (Å²) in [5.41, 5.74) is 5.80. The molecule has 2 aromatic carbocycles. The van der Waals surface area contributed by atoms with Crippen LogP contribution in [0.2, 0.25) is 0 Å². The zero-order valence-electron chi connectivity index (χ0n) is 15.7. The summed E-state index contributed by atoms with van der Waals surface area (Å²) in [6.07, 6.45) is 2.19. The van der Waals surface area contributed by atoms with Crippen molar-refractivity contribution in [3.8, 4) is 0 Å². The fourth-order valence-corrected chi connectivity index (χ4v) is 3.31. The van der Waals surface area contributed by atoms with E-state index in [0.717, 1.165) is 17.7 Å². The molecular formula is C23H26FNO. The molecule has 3 rings (SSSR count). The van der Waals surface area contributed by atoms with Gasteiger partial charge in [-0.1, -0.05) is 42.5 Å². The molecule has 0 atom stereocenters. The van der Waals surface area contributed by atoms with E-state index in [1.54, 1.807) is 0 Å². The molecule has 0 saturated carbocycles. The molecule has 1 heterocycles.